The summed E-state index contributed by atoms with van der Waals surface area (Å²) in [6.07, 6.45) is 7.18. The Balaban J connectivity index is 1.51. The van der Waals surface area contributed by atoms with Crippen LogP contribution in [0.4, 0.5) is 0 Å². The third-order valence-electron chi connectivity index (χ3n) is 8.69. The summed E-state index contributed by atoms with van der Waals surface area (Å²) in [6, 6.07) is 4.32. The lowest BCUT2D eigenvalue weighted by molar-refractivity contribution is -0.141. The van der Waals surface area contributed by atoms with Gasteiger partial charge in [-0.25, -0.2) is 4.79 Å². The molecule has 8 heteroatoms. The molecule has 1 aromatic rings. The van der Waals surface area contributed by atoms with Gasteiger partial charge in [0.25, 0.3) is 0 Å². The molecule has 198 valence electrons. The van der Waals surface area contributed by atoms with E-state index in [0.717, 1.165) is 19.4 Å². The van der Waals surface area contributed by atoms with E-state index >= 15 is 0 Å². The Labute approximate surface area is 214 Å². The summed E-state index contributed by atoms with van der Waals surface area (Å²) in [5.74, 6) is -0.379. The summed E-state index contributed by atoms with van der Waals surface area (Å²) in [6.45, 7) is 7.93. The van der Waals surface area contributed by atoms with Crippen LogP contribution in [0.25, 0.3) is 0 Å². The SMILES string of the molecule is CC(N)C(=O)NC(C)C(=O)NC(C(=O)Oc1ccc2c(c1)[C@@]13CCCC[C@H]1[C@@H](C2)N(C)CC3)C(C)C. The van der Waals surface area contributed by atoms with Gasteiger partial charge in [-0.15, -0.1) is 0 Å². The standard InChI is InChI=1S/C28H42N4O4/c1-16(2)24(31-26(34)18(4)30-25(33)17(3)29)27(35)36-20-10-9-19-14-23-21-8-6-7-11-28(21,22(19)15-20)12-13-32(23)5/h9-10,15-18,21,23-24H,6-8,11-14,29H2,1-5H3,(H,30,33)(H,31,34)/t17?,18?,21-,23+,24?,28+/m0/s1. The molecule has 0 aromatic heterocycles. The molecule has 0 radical (unpaired) electrons. The average molecular weight is 499 g/mol. The van der Waals surface area contributed by atoms with Crippen molar-refractivity contribution in [3.8, 4) is 5.75 Å². The van der Waals surface area contributed by atoms with Gasteiger partial charge in [-0.2, -0.15) is 0 Å². The molecule has 2 aliphatic carbocycles. The van der Waals surface area contributed by atoms with Crippen LogP contribution < -0.4 is 21.1 Å². The van der Waals surface area contributed by atoms with Gasteiger partial charge in [-0.1, -0.05) is 32.8 Å². The molecule has 4 N–H and O–H groups in total. The molecule has 1 saturated heterocycles. The molecule has 2 fully saturated rings. The maximum absolute atomic E-state index is 13.2. The summed E-state index contributed by atoms with van der Waals surface area (Å²) in [7, 11) is 2.26. The van der Waals surface area contributed by atoms with Gasteiger partial charge < -0.3 is 26.0 Å². The van der Waals surface area contributed by atoms with E-state index in [-0.39, 0.29) is 11.3 Å². The normalized spacial score (nSPS) is 27.8. The number of rotatable bonds is 7. The maximum atomic E-state index is 13.2. The number of likely N-dealkylation sites (N-methyl/N-ethyl adjacent to an activating group) is 1. The highest BCUT2D eigenvalue weighted by atomic mass is 16.5. The minimum atomic E-state index is -0.837. The van der Waals surface area contributed by atoms with Gasteiger partial charge in [0.15, 0.2) is 0 Å². The van der Waals surface area contributed by atoms with Crippen molar-refractivity contribution in [3.05, 3.63) is 29.3 Å². The summed E-state index contributed by atoms with van der Waals surface area (Å²) in [5.41, 5.74) is 8.48. The molecule has 1 heterocycles. The van der Waals surface area contributed by atoms with Crippen molar-refractivity contribution >= 4 is 17.8 Å². The Kier molecular flexibility index (Phi) is 7.76. The number of amides is 2. The zero-order valence-electron chi connectivity index (χ0n) is 22.3. The minimum Gasteiger partial charge on any atom is -0.425 e. The molecule has 3 aliphatic rings. The Hall–Kier alpha value is -2.45. The zero-order valence-corrected chi connectivity index (χ0v) is 22.3. The first-order chi connectivity index (χ1) is 17.0. The van der Waals surface area contributed by atoms with Crippen molar-refractivity contribution in [1.29, 1.82) is 0 Å². The third-order valence-corrected chi connectivity index (χ3v) is 8.69. The molecule has 1 aliphatic heterocycles. The van der Waals surface area contributed by atoms with Crippen LogP contribution in [0.2, 0.25) is 0 Å². The van der Waals surface area contributed by atoms with Crippen LogP contribution >= 0.6 is 0 Å². The average Bonchev–Trinajstić information content (AvgIpc) is 2.84. The molecule has 6 atom stereocenters. The zero-order chi connectivity index (χ0) is 26.2. The number of fused-ring (bicyclic) bond motifs is 1. The first-order valence-corrected chi connectivity index (χ1v) is 13.4. The van der Waals surface area contributed by atoms with E-state index in [4.69, 9.17) is 10.5 Å². The highest BCUT2D eigenvalue weighted by molar-refractivity contribution is 5.92. The number of nitrogens with two attached hydrogens (primary N) is 1. The molecule has 2 amide bonds. The van der Waals surface area contributed by atoms with Gasteiger partial charge in [0.1, 0.15) is 17.8 Å². The molecule has 2 bridgehead atoms. The quantitative estimate of drug-likeness (QED) is 0.393. The Morgan fingerprint density at radius 1 is 1.08 bits per heavy atom. The Morgan fingerprint density at radius 3 is 2.53 bits per heavy atom. The van der Waals surface area contributed by atoms with Gasteiger partial charge in [0.2, 0.25) is 11.8 Å². The van der Waals surface area contributed by atoms with Crippen molar-refractivity contribution in [2.75, 3.05) is 13.6 Å². The van der Waals surface area contributed by atoms with Gasteiger partial charge in [-0.3, -0.25) is 9.59 Å². The lowest BCUT2D eigenvalue weighted by atomic mass is 9.52. The maximum Gasteiger partial charge on any atom is 0.334 e. The first kappa shape index (κ1) is 26.6. The van der Waals surface area contributed by atoms with Crippen LogP contribution in [0.15, 0.2) is 18.2 Å². The van der Waals surface area contributed by atoms with E-state index < -0.39 is 35.9 Å². The predicted molar refractivity (Wildman–Crippen MR) is 138 cm³/mol. The highest BCUT2D eigenvalue weighted by Crippen LogP contribution is 2.55. The molecular weight excluding hydrogens is 456 g/mol. The number of nitrogens with one attached hydrogen (secondary N) is 2. The molecular formula is C28H42N4O4. The number of hydrogen-bond acceptors (Lipinski definition) is 6. The van der Waals surface area contributed by atoms with Crippen LogP contribution in [0, 0.1) is 11.8 Å². The number of likely N-dealkylation sites (tertiary alicyclic amines) is 1. The van der Waals surface area contributed by atoms with Crippen molar-refractivity contribution in [1.82, 2.24) is 15.5 Å². The summed E-state index contributed by atoms with van der Waals surface area (Å²) < 4.78 is 5.87. The lowest BCUT2D eigenvalue weighted by Gasteiger charge is -2.58. The highest BCUT2D eigenvalue weighted by Gasteiger charge is 2.53. The molecule has 4 rings (SSSR count). The number of ether oxygens (including phenoxy) is 1. The first-order valence-electron chi connectivity index (χ1n) is 13.4. The predicted octanol–water partition coefficient (Wildman–Crippen LogP) is 2.27. The molecule has 1 saturated carbocycles. The number of carbonyl (C=O) groups excluding carboxylic acids is 3. The summed E-state index contributed by atoms with van der Waals surface area (Å²) in [5, 5.41) is 5.32. The Morgan fingerprint density at radius 2 is 1.83 bits per heavy atom. The number of nitrogens with zero attached hydrogens (tertiary/aromatic N) is 1. The lowest BCUT2D eigenvalue weighted by Crippen LogP contribution is -2.59. The number of carbonyl (C=O) groups is 3. The number of esters is 1. The molecule has 0 spiro atoms. The monoisotopic (exact) mass is 498 g/mol. The number of benzene rings is 1. The smallest absolute Gasteiger partial charge is 0.334 e. The van der Waals surface area contributed by atoms with E-state index in [9.17, 15) is 14.4 Å². The number of piperidine rings is 1. The second kappa shape index (κ2) is 10.5. The fraction of sp³-hybridized carbons (Fsp3) is 0.679. The second-order valence-corrected chi connectivity index (χ2v) is 11.5. The topological polar surface area (TPSA) is 114 Å². The number of hydrogen-bond donors (Lipinski definition) is 3. The van der Waals surface area contributed by atoms with Crippen molar-refractivity contribution in [2.45, 2.75) is 95.8 Å². The molecule has 8 nitrogen and oxygen atoms in total. The van der Waals surface area contributed by atoms with Gasteiger partial charge in [-0.05, 0) is 88.2 Å². The minimum absolute atomic E-state index is 0.171. The molecule has 3 unspecified atom stereocenters. The van der Waals surface area contributed by atoms with Crippen molar-refractivity contribution in [2.24, 2.45) is 17.6 Å². The fourth-order valence-electron chi connectivity index (χ4n) is 6.61. The fourth-order valence-corrected chi connectivity index (χ4v) is 6.61. The van der Waals surface area contributed by atoms with Crippen LogP contribution in [-0.4, -0.2) is 60.4 Å². The van der Waals surface area contributed by atoms with Crippen molar-refractivity contribution in [3.63, 3.8) is 0 Å². The van der Waals surface area contributed by atoms with E-state index in [1.165, 1.54) is 36.8 Å². The van der Waals surface area contributed by atoms with Crippen molar-refractivity contribution < 1.29 is 19.1 Å². The van der Waals surface area contributed by atoms with Gasteiger partial charge >= 0.3 is 5.97 Å². The van der Waals surface area contributed by atoms with Crippen LogP contribution in [0.5, 0.6) is 5.75 Å². The van der Waals surface area contributed by atoms with E-state index in [1.807, 2.05) is 19.9 Å². The van der Waals surface area contributed by atoms with Crippen LogP contribution in [0.3, 0.4) is 0 Å². The largest absolute Gasteiger partial charge is 0.425 e. The van der Waals surface area contributed by atoms with E-state index in [2.05, 4.69) is 34.7 Å². The second-order valence-electron chi connectivity index (χ2n) is 11.5. The van der Waals surface area contributed by atoms with E-state index in [0.29, 0.717) is 17.7 Å². The van der Waals surface area contributed by atoms with Gasteiger partial charge in [0.05, 0.1) is 6.04 Å². The van der Waals surface area contributed by atoms with E-state index in [1.54, 1.807) is 13.8 Å². The molecule has 1 aromatic carbocycles. The van der Waals surface area contributed by atoms with Crippen LogP contribution in [-0.2, 0) is 26.2 Å². The summed E-state index contributed by atoms with van der Waals surface area (Å²) in [4.78, 5) is 40.3. The Bertz CT molecular complexity index is 1010. The summed E-state index contributed by atoms with van der Waals surface area (Å²) >= 11 is 0. The third kappa shape index (κ3) is 5.02. The van der Waals surface area contributed by atoms with Gasteiger partial charge in [0, 0.05) is 11.5 Å². The van der Waals surface area contributed by atoms with Crippen LogP contribution in [0.1, 0.15) is 70.9 Å². The molecule has 36 heavy (non-hydrogen) atoms.